The van der Waals surface area contributed by atoms with Crippen molar-refractivity contribution in [1.82, 2.24) is 9.88 Å². The molecule has 40 heavy (non-hydrogen) atoms. The number of amides is 3. The number of nitrogens with one attached hydrogen (secondary N) is 1. The quantitative estimate of drug-likeness (QED) is 0.186. The molecule has 1 aliphatic rings. The molecule has 2 aromatic carbocycles. The Morgan fingerprint density at radius 2 is 1.80 bits per heavy atom. The zero-order valence-electron chi connectivity index (χ0n) is 21.5. The van der Waals surface area contributed by atoms with Gasteiger partial charge in [0.25, 0.3) is 16.8 Å². The molecule has 2 heterocycles. The number of carbonyl (C=O) groups excluding carboxylic acids is 3. The minimum absolute atomic E-state index is 0.129. The summed E-state index contributed by atoms with van der Waals surface area (Å²) in [5.74, 6) is 0.318. The van der Waals surface area contributed by atoms with Gasteiger partial charge in [-0.3, -0.25) is 29.4 Å². The van der Waals surface area contributed by atoms with Gasteiger partial charge in [0.15, 0.2) is 11.5 Å². The fourth-order valence-corrected chi connectivity index (χ4v) is 4.39. The zero-order chi connectivity index (χ0) is 28.6. The van der Waals surface area contributed by atoms with E-state index in [0.717, 1.165) is 22.9 Å². The fraction of sp³-hybridized carbons (Fsp3) is 0.185. The van der Waals surface area contributed by atoms with Gasteiger partial charge in [-0.15, -0.1) is 0 Å². The molecule has 13 heteroatoms. The minimum Gasteiger partial charge on any atom is -0.494 e. The lowest BCUT2D eigenvalue weighted by molar-refractivity contribution is -0.385. The van der Waals surface area contributed by atoms with Gasteiger partial charge in [-0.2, -0.15) is 0 Å². The fourth-order valence-electron chi connectivity index (χ4n) is 3.55. The highest BCUT2D eigenvalue weighted by Gasteiger charge is 2.36. The van der Waals surface area contributed by atoms with Crippen LogP contribution < -0.4 is 19.5 Å². The van der Waals surface area contributed by atoms with E-state index in [9.17, 15) is 24.5 Å². The van der Waals surface area contributed by atoms with Crippen LogP contribution in [0.15, 0.2) is 65.7 Å². The van der Waals surface area contributed by atoms with Crippen LogP contribution in [-0.2, 0) is 9.59 Å². The maximum absolute atomic E-state index is 12.9. The van der Waals surface area contributed by atoms with Crippen molar-refractivity contribution in [2.45, 2.75) is 13.8 Å². The first-order chi connectivity index (χ1) is 19.3. The number of benzene rings is 2. The third-order valence-corrected chi connectivity index (χ3v) is 6.24. The number of carbonyl (C=O) groups is 3. The Balaban J connectivity index is 1.44. The van der Waals surface area contributed by atoms with E-state index in [-0.39, 0.29) is 16.5 Å². The van der Waals surface area contributed by atoms with Crippen LogP contribution in [0.2, 0.25) is 0 Å². The van der Waals surface area contributed by atoms with Gasteiger partial charge in [0, 0.05) is 17.8 Å². The summed E-state index contributed by atoms with van der Waals surface area (Å²) in [6, 6.07) is 14.2. The Morgan fingerprint density at radius 3 is 2.45 bits per heavy atom. The lowest BCUT2D eigenvalue weighted by Gasteiger charge is -2.13. The topological polar surface area (TPSA) is 150 Å². The highest BCUT2D eigenvalue weighted by Crippen LogP contribution is 2.36. The van der Waals surface area contributed by atoms with Crippen molar-refractivity contribution in [3.63, 3.8) is 0 Å². The molecule has 0 aliphatic carbocycles. The molecule has 4 rings (SSSR count). The third-order valence-electron chi connectivity index (χ3n) is 5.34. The number of thioether (sulfide) groups is 1. The SMILES string of the molecule is CCOc1ccc(NC(=O)CN2C(=O)S/C(=C\c3ccc(Oc4ccc([N+](=O)[O-])cn4)c(OCC)c3)C2=O)cc1. The molecule has 0 bridgehead atoms. The van der Waals surface area contributed by atoms with E-state index in [4.69, 9.17) is 14.2 Å². The third kappa shape index (κ3) is 6.94. The predicted octanol–water partition coefficient (Wildman–Crippen LogP) is 5.25. The van der Waals surface area contributed by atoms with Crippen LogP contribution in [0, 0.1) is 10.1 Å². The highest BCUT2D eigenvalue weighted by atomic mass is 32.2. The van der Waals surface area contributed by atoms with E-state index in [1.165, 1.54) is 18.2 Å². The van der Waals surface area contributed by atoms with E-state index in [2.05, 4.69) is 10.3 Å². The van der Waals surface area contributed by atoms with Gasteiger partial charge in [-0.1, -0.05) is 6.07 Å². The van der Waals surface area contributed by atoms with Crippen molar-refractivity contribution >= 4 is 46.3 Å². The summed E-state index contributed by atoms with van der Waals surface area (Å²) in [6.07, 6.45) is 2.60. The number of ether oxygens (including phenoxy) is 3. The van der Waals surface area contributed by atoms with Crippen molar-refractivity contribution in [3.05, 3.63) is 81.4 Å². The monoisotopic (exact) mass is 564 g/mol. The van der Waals surface area contributed by atoms with Gasteiger partial charge in [0.2, 0.25) is 11.8 Å². The van der Waals surface area contributed by atoms with Crippen LogP contribution >= 0.6 is 11.8 Å². The minimum atomic E-state index is -0.592. The molecular formula is C27H24N4O8S. The van der Waals surface area contributed by atoms with Crippen LogP contribution in [0.4, 0.5) is 16.2 Å². The van der Waals surface area contributed by atoms with Crippen molar-refractivity contribution in [2.24, 2.45) is 0 Å². The van der Waals surface area contributed by atoms with Crippen LogP contribution in [0.1, 0.15) is 19.4 Å². The molecule has 1 N–H and O–H groups in total. The number of hydrogen-bond acceptors (Lipinski definition) is 10. The van der Waals surface area contributed by atoms with E-state index >= 15 is 0 Å². The molecule has 0 atom stereocenters. The summed E-state index contributed by atoms with van der Waals surface area (Å²) in [4.78, 5) is 53.2. The van der Waals surface area contributed by atoms with Crippen LogP contribution in [0.3, 0.4) is 0 Å². The van der Waals surface area contributed by atoms with Crippen LogP contribution in [-0.4, -0.2) is 51.6 Å². The Bertz CT molecular complexity index is 1460. The van der Waals surface area contributed by atoms with Crippen LogP contribution in [0.25, 0.3) is 6.08 Å². The van der Waals surface area contributed by atoms with E-state index in [1.807, 2.05) is 6.92 Å². The van der Waals surface area contributed by atoms with Crippen molar-refractivity contribution < 1.29 is 33.5 Å². The number of imide groups is 1. The van der Waals surface area contributed by atoms with Crippen molar-refractivity contribution in [2.75, 3.05) is 25.1 Å². The van der Waals surface area contributed by atoms with Crippen molar-refractivity contribution in [3.8, 4) is 23.1 Å². The number of nitro groups is 1. The Kier molecular flexibility index (Phi) is 8.96. The Morgan fingerprint density at radius 1 is 1.05 bits per heavy atom. The second kappa shape index (κ2) is 12.8. The molecule has 1 saturated heterocycles. The first-order valence-electron chi connectivity index (χ1n) is 12.1. The molecular weight excluding hydrogens is 540 g/mol. The Hall–Kier alpha value is -4.91. The second-order valence-electron chi connectivity index (χ2n) is 8.13. The first kappa shape index (κ1) is 28.1. The molecule has 12 nitrogen and oxygen atoms in total. The molecule has 1 aliphatic heterocycles. The Labute approximate surface area is 233 Å². The number of anilines is 1. The van der Waals surface area contributed by atoms with Gasteiger partial charge >= 0.3 is 0 Å². The summed E-state index contributed by atoms with van der Waals surface area (Å²) in [6.45, 7) is 4.04. The zero-order valence-corrected chi connectivity index (χ0v) is 22.3. The molecule has 3 amide bonds. The largest absolute Gasteiger partial charge is 0.494 e. The molecule has 3 aromatic rings. The smallest absolute Gasteiger partial charge is 0.294 e. The summed E-state index contributed by atoms with van der Waals surface area (Å²) in [5.41, 5.74) is 0.887. The molecule has 1 aromatic heterocycles. The lowest BCUT2D eigenvalue weighted by atomic mass is 10.2. The lowest BCUT2D eigenvalue weighted by Crippen LogP contribution is -2.36. The predicted molar refractivity (Wildman–Crippen MR) is 147 cm³/mol. The summed E-state index contributed by atoms with van der Waals surface area (Å²) >= 11 is 0.727. The van der Waals surface area contributed by atoms with Crippen LogP contribution in [0.5, 0.6) is 23.1 Å². The van der Waals surface area contributed by atoms with E-state index < -0.39 is 28.5 Å². The number of rotatable bonds is 11. The van der Waals surface area contributed by atoms with E-state index in [0.29, 0.717) is 41.7 Å². The van der Waals surface area contributed by atoms with E-state index in [1.54, 1.807) is 49.4 Å². The summed E-state index contributed by atoms with van der Waals surface area (Å²) < 4.78 is 16.7. The second-order valence-corrected chi connectivity index (χ2v) is 9.12. The van der Waals surface area contributed by atoms with Gasteiger partial charge in [-0.25, -0.2) is 4.98 Å². The molecule has 0 radical (unpaired) electrons. The van der Waals surface area contributed by atoms with Gasteiger partial charge in [-0.05, 0) is 73.6 Å². The molecule has 0 spiro atoms. The van der Waals surface area contributed by atoms with Crippen molar-refractivity contribution in [1.29, 1.82) is 0 Å². The normalized spacial score (nSPS) is 13.8. The molecule has 206 valence electrons. The first-order valence-corrected chi connectivity index (χ1v) is 12.9. The number of aromatic nitrogens is 1. The van der Waals surface area contributed by atoms with Gasteiger partial charge < -0.3 is 19.5 Å². The average Bonchev–Trinajstić information content (AvgIpc) is 3.19. The summed E-state index contributed by atoms with van der Waals surface area (Å²) in [7, 11) is 0. The average molecular weight is 565 g/mol. The maximum Gasteiger partial charge on any atom is 0.294 e. The molecule has 1 fully saturated rings. The molecule has 0 saturated carbocycles. The standard InChI is InChI=1S/C27H24N4O8S/c1-3-37-20-9-6-18(7-10-20)29-24(32)16-30-26(33)23(40-27(30)34)14-17-5-11-21(22(13-17)38-4-2)39-25-12-8-19(15-28-25)31(35)36/h5-15H,3-4,16H2,1-2H3,(H,29,32)/b23-14-. The highest BCUT2D eigenvalue weighted by molar-refractivity contribution is 8.18. The maximum atomic E-state index is 12.9. The number of pyridine rings is 1. The van der Waals surface area contributed by atoms with Gasteiger partial charge in [0.1, 0.15) is 18.5 Å². The number of hydrogen-bond donors (Lipinski definition) is 1. The summed E-state index contributed by atoms with van der Waals surface area (Å²) in [5, 5.41) is 12.9. The number of nitrogens with zero attached hydrogens (tertiary/aromatic N) is 3. The van der Waals surface area contributed by atoms with Gasteiger partial charge in [0.05, 0.1) is 23.0 Å². The molecule has 0 unspecified atom stereocenters.